The molecule has 1 atom stereocenters. The van der Waals surface area contributed by atoms with E-state index in [1.807, 2.05) is 25.1 Å². The lowest BCUT2D eigenvalue weighted by molar-refractivity contribution is -0.122. The molecule has 8 heteroatoms. The zero-order valence-electron chi connectivity index (χ0n) is 17.1. The predicted molar refractivity (Wildman–Crippen MR) is 119 cm³/mol. The topological polar surface area (TPSA) is 78.5 Å². The van der Waals surface area contributed by atoms with Crippen LogP contribution >= 0.6 is 11.6 Å². The monoisotopic (exact) mass is 449 g/mol. The normalized spacial score (nSPS) is 17.6. The second kappa shape index (κ2) is 10.4. The van der Waals surface area contributed by atoms with Crippen LogP contribution in [0.4, 0.5) is 0 Å². The number of carbonyl (C=O) groups is 1. The lowest BCUT2D eigenvalue weighted by Gasteiger charge is -2.32. The van der Waals surface area contributed by atoms with Crippen molar-refractivity contribution in [2.24, 2.45) is 5.92 Å². The molecule has 1 aliphatic rings. The summed E-state index contributed by atoms with van der Waals surface area (Å²) >= 11 is 5.97. The molecular weight excluding hydrogens is 422 g/mol. The summed E-state index contributed by atoms with van der Waals surface area (Å²) in [7, 11) is -3.52. The number of nitrogens with one attached hydrogen (secondary N) is 2. The Balaban J connectivity index is 1.45. The number of benzene rings is 2. The number of sulfonamides is 1. The number of piperidine rings is 1. The van der Waals surface area contributed by atoms with Crippen molar-refractivity contribution in [3.63, 3.8) is 0 Å². The minimum absolute atomic E-state index is 0.0455. The van der Waals surface area contributed by atoms with E-state index in [4.69, 9.17) is 11.6 Å². The maximum atomic E-state index is 12.5. The molecule has 0 bridgehead atoms. The predicted octanol–water partition coefficient (Wildman–Crippen LogP) is 2.96. The average Bonchev–Trinajstić information content (AvgIpc) is 2.72. The summed E-state index contributed by atoms with van der Waals surface area (Å²) < 4.78 is 27.7. The van der Waals surface area contributed by atoms with Gasteiger partial charge in [0.1, 0.15) is 0 Å². The molecule has 1 aliphatic heterocycles. The zero-order chi connectivity index (χ0) is 21.6. The van der Waals surface area contributed by atoms with Crippen molar-refractivity contribution in [2.45, 2.75) is 31.2 Å². The highest BCUT2D eigenvalue weighted by atomic mass is 35.5. The zero-order valence-corrected chi connectivity index (χ0v) is 18.7. The Labute approximate surface area is 183 Å². The lowest BCUT2D eigenvalue weighted by atomic mass is 9.98. The summed E-state index contributed by atoms with van der Waals surface area (Å²) in [5, 5.41) is 3.57. The summed E-state index contributed by atoms with van der Waals surface area (Å²) in [6.45, 7) is 4.57. The highest BCUT2D eigenvalue weighted by Gasteiger charge is 2.23. The number of carbonyl (C=O) groups excluding carboxylic acids is 1. The van der Waals surface area contributed by atoms with Crippen LogP contribution in [-0.2, 0) is 21.4 Å². The number of hydrogen-bond donors (Lipinski definition) is 2. The minimum Gasteiger partial charge on any atom is -0.351 e. The first-order chi connectivity index (χ1) is 14.3. The minimum atomic E-state index is -3.52. The Kier molecular flexibility index (Phi) is 7.88. The SMILES string of the molecule is Cc1ccc(S(=O)(=O)NCC2CCCN(CC(=O)NCc3cccc(Cl)c3)C2)cc1. The van der Waals surface area contributed by atoms with E-state index in [2.05, 4.69) is 14.9 Å². The van der Waals surface area contributed by atoms with E-state index in [1.54, 1.807) is 30.3 Å². The summed E-state index contributed by atoms with van der Waals surface area (Å²) in [4.78, 5) is 14.7. The molecule has 1 amide bonds. The van der Waals surface area contributed by atoms with Gasteiger partial charge in [-0.1, -0.05) is 41.4 Å². The quantitative estimate of drug-likeness (QED) is 0.649. The van der Waals surface area contributed by atoms with Gasteiger partial charge in [0, 0.05) is 24.7 Å². The maximum absolute atomic E-state index is 12.5. The Morgan fingerprint density at radius 3 is 2.70 bits per heavy atom. The van der Waals surface area contributed by atoms with Crippen LogP contribution in [0, 0.1) is 12.8 Å². The lowest BCUT2D eigenvalue weighted by Crippen LogP contribution is -2.45. The number of halogens is 1. The molecule has 30 heavy (non-hydrogen) atoms. The first-order valence-electron chi connectivity index (χ1n) is 10.1. The van der Waals surface area contributed by atoms with Gasteiger partial charge in [-0.3, -0.25) is 9.69 Å². The molecule has 3 rings (SSSR count). The smallest absolute Gasteiger partial charge is 0.240 e. The maximum Gasteiger partial charge on any atom is 0.240 e. The Bertz CT molecular complexity index is 964. The van der Waals surface area contributed by atoms with E-state index < -0.39 is 10.0 Å². The van der Waals surface area contributed by atoms with E-state index in [-0.39, 0.29) is 16.7 Å². The van der Waals surface area contributed by atoms with E-state index in [1.165, 1.54) is 0 Å². The van der Waals surface area contributed by atoms with Crippen LogP contribution < -0.4 is 10.0 Å². The summed E-state index contributed by atoms with van der Waals surface area (Å²) in [6.07, 6.45) is 1.88. The summed E-state index contributed by atoms with van der Waals surface area (Å²) in [5.74, 6) is 0.135. The highest BCUT2D eigenvalue weighted by Crippen LogP contribution is 2.17. The molecule has 1 heterocycles. The molecule has 0 aliphatic carbocycles. The van der Waals surface area contributed by atoms with Crippen molar-refractivity contribution in [1.82, 2.24) is 14.9 Å². The molecule has 0 saturated carbocycles. The van der Waals surface area contributed by atoms with Gasteiger partial charge in [-0.15, -0.1) is 0 Å². The fraction of sp³-hybridized carbons (Fsp3) is 0.409. The van der Waals surface area contributed by atoms with Crippen LogP contribution in [0.1, 0.15) is 24.0 Å². The number of aryl methyl sites for hydroxylation is 1. The van der Waals surface area contributed by atoms with Crippen molar-refractivity contribution in [1.29, 1.82) is 0 Å². The number of hydrogen-bond acceptors (Lipinski definition) is 4. The van der Waals surface area contributed by atoms with Gasteiger partial charge < -0.3 is 5.32 Å². The van der Waals surface area contributed by atoms with Gasteiger partial charge in [0.25, 0.3) is 0 Å². The van der Waals surface area contributed by atoms with Gasteiger partial charge in [0.15, 0.2) is 0 Å². The standard InChI is InChI=1S/C22H28ClN3O3S/c1-17-7-9-21(10-8-17)30(28,29)25-14-19-5-3-11-26(15-19)16-22(27)24-13-18-4-2-6-20(23)12-18/h2,4,6-10,12,19,25H,3,5,11,13-16H2,1H3,(H,24,27). The molecule has 0 spiro atoms. The van der Waals surface area contributed by atoms with E-state index in [0.29, 0.717) is 31.2 Å². The first kappa shape index (κ1) is 22.7. The number of likely N-dealkylation sites (tertiary alicyclic amines) is 1. The van der Waals surface area contributed by atoms with E-state index in [0.717, 1.165) is 30.5 Å². The van der Waals surface area contributed by atoms with Crippen molar-refractivity contribution < 1.29 is 13.2 Å². The van der Waals surface area contributed by atoms with Crippen LogP contribution in [0.25, 0.3) is 0 Å². The number of rotatable bonds is 8. The van der Waals surface area contributed by atoms with Crippen LogP contribution in [0.2, 0.25) is 5.02 Å². The van der Waals surface area contributed by atoms with Crippen LogP contribution in [0.3, 0.4) is 0 Å². The summed E-state index contributed by atoms with van der Waals surface area (Å²) in [5.41, 5.74) is 1.98. The molecule has 2 N–H and O–H groups in total. The van der Waals surface area contributed by atoms with Gasteiger partial charge in [-0.2, -0.15) is 0 Å². The number of nitrogens with zero attached hydrogens (tertiary/aromatic N) is 1. The second-order valence-corrected chi connectivity index (χ2v) is 10.0. The van der Waals surface area contributed by atoms with Crippen molar-refractivity contribution in [2.75, 3.05) is 26.2 Å². The van der Waals surface area contributed by atoms with Gasteiger partial charge in [-0.05, 0) is 62.1 Å². The molecule has 6 nitrogen and oxygen atoms in total. The Morgan fingerprint density at radius 1 is 1.20 bits per heavy atom. The van der Waals surface area contributed by atoms with Gasteiger partial charge in [0.2, 0.25) is 15.9 Å². The van der Waals surface area contributed by atoms with Gasteiger partial charge >= 0.3 is 0 Å². The van der Waals surface area contributed by atoms with Crippen molar-refractivity contribution in [3.05, 3.63) is 64.7 Å². The molecule has 1 saturated heterocycles. The third-order valence-corrected chi connectivity index (χ3v) is 6.92. The van der Waals surface area contributed by atoms with E-state index in [9.17, 15) is 13.2 Å². The third kappa shape index (κ3) is 6.80. The molecule has 2 aromatic carbocycles. The molecule has 2 aromatic rings. The second-order valence-electron chi connectivity index (χ2n) is 7.81. The molecular formula is C22H28ClN3O3S. The molecule has 0 radical (unpaired) electrons. The van der Waals surface area contributed by atoms with Crippen LogP contribution in [-0.4, -0.2) is 45.4 Å². The van der Waals surface area contributed by atoms with Crippen LogP contribution in [0.15, 0.2) is 53.4 Å². The molecule has 1 fully saturated rings. The van der Waals surface area contributed by atoms with Gasteiger partial charge in [0.05, 0.1) is 11.4 Å². The largest absolute Gasteiger partial charge is 0.351 e. The van der Waals surface area contributed by atoms with Crippen molar-refractivity contribution >= 4 is 27.5 Å². The fourth-order valence-corrected chi connectivity index (χ4v) is 4.93. The summed E-state index contributed by atoms with van der Waals surface area (Å²) in [6, 6.07) is 14.2. The van der Waals surface area contributed by atoms with Gasteiger partial charge in [-0.25, -0.2) is 13.1 Å². The molecule has 0 aromatic heterocycles. The number of amides is 1. The molecule has 1 unspecified atom stereocenters. The van der Waals surface area contributed by atoms with E-state index >= 15 is 0 Å². The fourth-order valence-electron chi connectivity index (χ4n) is 3.60. The first-order valence-corrected chi connectivity index (χ1v) is 12.0. The average molecular weight is 450 g/mol. The highest BCUT2D eigenvalue weighted by molar-refractivity contribution is 7.89. The Hall–Kier alpha value is -1.93. The molecule has 162 valence electrons. The van der Waals surface area contributed by atoms with Crippen LogP contribution in [0.5, 0.6) is 0 Å². The van der Waals surface area contributed by atoms with Crippen molar-refractivity contribution in [3.8, 4) is 0 Å². The Morgan fingerprint density at radius 2 is 1.97 bits per heavy atom. The third-order valence-electron chi connectivity index (χ3n) is 5.24.